The van der Waals surface area contributed by atoms with Crippen LogP contribution in [0.2, 0.25) is 0 Å². The van der Waals surface area contributed by atoms with Crippen LogP contribution in [0, 0.1) is 5.92 Å². The van der Waals surface area contributed by atoms with Crippen molar-refractivity contribution < 1.29 is 19.1 Å². The Hall–Kier alpha value is -0.970. The highest BCUT2D eigenvalue weighted by molar-refractivity contribution is 7.99. The highest BCUT2D eigenvalue weighted by Gasteiger charge is 2.52. The van der Waals surface area contributed by atoms with Gasteiger partial charge in [-0.1, -0.05) is 6.58 Å². The Morgan fingerprint density at radius 2 is 2.24 bits per heavy atom. The molecule has 1 aliphatic heterocycles. The standard InChI is InChI=1S/C12H16O4S/c1-6(2)11(13)15-8-5-4-7-10(17-3)9(8)16-12(7)14/h7-10H,1,4-5H2,2-3H3. The van der Waals surface area contributed by atoms with Crippen LogP contribution in [-0.2, 0) is 19.1 Å². The van der Waals surface area contributed by atoms with E-state index in [0.29, 0.717) is 12.0 Å². The van der Waals surface area contributed by atoms with Crippen molar-refractivity contribution in [2.75, 3.05) is 6.26 Å². The Labute approximate surface area is 105 Å². The minimum Gasteiger partial charge on any atom is -0.457 e. The highest BCUT2D eigenvalue weighted by Crippen LogP contribution is 2.42. The number of rotatable bonds is 3. The molecule has 0 aromatic heterocycles. The summed E-state index contributed by atoms with van der Waals surface area (Å²) >= 11 is 1.61. The maximum Gasteiger partial charge on any atom is 0.333 e. The number of carbonyl (C=O) groups excluding carboxylic acids is 2. The van der Waals surface area contributed by atoms with E-state index >= 15 is 0 Å². The molecular formula is C12H16O4S. The van der Waals surface area contributed by atoms with E-state index in [1.54, 1.807) is 18.7 Å². The lowest BCUT2D eigenvalue weighted by molar-refractivity contribution is -0.157. The van der Waals surface area contributed by atoms with Crippen LogP contribution < -0.4 is 0 Å². The second-order valence-corrected chi connectivity index (χ2v) is 5.53. The molecule has 1 aliphatic carbocycles. The Morgan fingerprint density at radius 1 is 1.53 bits per heavy atom. The summed E-state index contributed by atoms with van der Waals surface area (Å²) in [6.45, 7) is 5.16. The molecular weight excluding hydrogens is 240 g/mol. The second kappa shape index (κ2) is 4.72. The van der Waals surface area contributed by atoms with E-state index in [4.69, 9.17) is 9.47 Å². The molecule has 2 bridgehead atoms. The molecule has 0 radical (unpaired) electrons. The minimum absolute atomic E-state index is 0.0326. The minimum atomic E-state index is -0.406. The van der Waals surface area contributed by atoms with Gasteiger partial charge in [-0.3, -0.25) is 4.79 Å². The fraction of sp³-hybridized carbons (Fsp3) is 0.667. The SMILES string of the molecule is C=C(C)C(=O)OC1CCC2C(=O)OC1C2SC. The summed E-state index contributed by atoms with van der Waals surface area (Å²) < 4.78 is 10.6. The number of carbonyl (C=O) groups is 2. The maximum atomic E-state index is 11.6. The third kappa shape index (κ3) is 2.20. The molecule has 2 rings (SSSR count). The lowest BCUT2D eigenvalue weighted by Crippen LogP contribution is -2.42. The van der Waals surface area contributed by atoms with E-state index < -0.39 is 5.97 Å². The van der Waals surface area contributed by atoms with Crippen molar-refractivity contribution in [3.8, 4) is 0 Å². The summed E-state index contributed by atoms with van der Waals surface area (Å²) in [5, 5.41) is 0.110. The molecule has 5 heteroatoms. The fourth-order valence-corrected chi connectivity index (χ4v) is 3.47. The summed E-state index contributed by atoms with van der Waals surface area (Å²) in [6, 6.07) is 0. The number of ether oxygens (including phenoxy) is 2. The van der Waals surface area contributed by atoms with E-state index in [9.17, 15) is 9.59 Å². The van der Waals surface area contributed by atoms with Crippen LogP contribution in [0.1, 0.15) is 19.8 Å². The monoisotopic (exact) mass is 256 g/mol. The van der Waals surface area contributed by atoms with Gasteiger partial charge in [0, 0.05) is 5.57 Å². The zero-order valence-electron chi connectivity index (χ0n) is 9.97. The topological polar surface area (TPSA) is 52.6 Å². The van der Waals surface area contributed by atoms with Crippen molar-refractivity contribution in [2.24, 2.45) is 5.92 Å². The molecule has 1 saturated heterocycles. The lowest BCUT2D eigenvalue weighted by Gasteiger charge is -2.31. The van der Waals surface area contributed by atoms with Crippen LogP contribution in [0.4, 0.5) is 0 Å². The number of hydrogen-bond acceptors (Lipinski definition) is 5. The van der Waals surface area contributed by atoms with Crippen LogP contribution in [-0.4, -0.2) is 35.7 Å². The third-order valence-electron chi connectivity index (χ3n) is 3.28. The molecule has 4 unspecified atom stereocenters. The molecule has 0 spiro atoms. The Bertz CT molecular complexity index is 366. The van der Waals surface area contributed by atoms with Gasteiger partial charge in [-0.25, -0.2) is 4.79 Å². The van der Waals surface area contributed by atoms with Gasteiger partial charge in [0.25, 0.3) is 0 Å². The molecule has 0 N–H and O–H groups in total. The number of hydrogen-bond donors (Lipinski definition) is 0. The summed E-state index contributed by atoms with van der Waals surface area (Å²) in [6.07, 6.45) is 2.76. The van der Waals surface area contributed by atoms with E-state index in [0.717, 1.165) is 6.42 Å². The van der Waals surface area contributed by atoms with Crippen LogP contribution in [0.5, 0.6) is 0 Å². The van der Waals surface area contributed by atoms with Crippen molar-refractivity contribution in [3.05, 3.63) is 12.2 Å². The molecule has 4 nitrogen and oxygen atoms in total. The zero-order valence-corrected chi connectivity index (χ0v) is 10.8. The second-order valence-electron chi connectivity index (χ2n) is 4.51. The van der Waals surface area contributed by atoms with E-state index in [1.165, 1.54) is 0 Å². The summed E-state index contributed by atoms with van der Waals surface area (Å²) in [7, 11) is 0. The van der Waals surface area contributed by atoms with Crippen LogP contribution in [0.15, 0.2) is 12.2 Å². The first kappa shape index (κ1) is 12.5. The first-order chi connectivity index (χ1) is 8.04. The smallest absolute Gasteiger partial charge is 0.333 e. The average Bonchev–Trinajstić information content (AvgIpc) is 2.52. The van der Waals surface area contributed by atoms with Gasteiger partial charge in [-0.05, 0) is 26.0 Å². The van der Waals surface area contributed by atoms with E-state index in [1.807, 2.05) is 6.26 Å². The summed E-state index contributed by atoms with van der Waals surface area (Å²) in [4.78, 5) is 23.1. The van der Waals surface area contributed by atoms with Crippen LogP contribution in [0.25, 0.3) is 0 Å². The Morgan fingerprint density at radius 3 is 2.82 bits per heavy atom. The molecule has 1 saturated carbocycles. The molecule has 0 amide bonds. The Balaban J connectivity index is 2.08. The molecule has 1 heterocycles. The van der Waals surface area contributed by atoms with Gasteiger partial charge in [0.05, 0.1) is 11.2 Å². The average molecular weight is 256 g/mol. The van der Waals surface area contributed by atoms with Crippen molar-refractivity contribution in [2.45, 2.75) is 37.2 Å². The van der Waals surface area contributed by atoms with Gasteiger partial charge < -0.3 is 9.47 Å². The quantitative estimate of drug-likeness (QED) is 0.566. The Kier molecular flexibility index (Phi) is 3.47. The van der Waals surface area contributed by atoms with Crippen molar-refractivity contribution >= 4 is 23.7 Å². The molecule has 94 valence electrons. The van der Waals surface area contributed by atoms with Crippen molar-refractivity contribution in [1.82, 2.24) is 0 Å². The molecule has 2 fully saturated rings. The summed E-state index contributed by atoms with van der Waals surface area (Å²) in [5.41, 5.74) is 0.372. The first-order valence-electron chi connectivity index (χ1n) is 5.64. The highest BCUT2D eigenvalue weighted by atomic mass is 32.2. The molecule has 0 aromatic carbocycles. The molecule has 2 aliphatic rings. The summed E-state index contributed by atoms with van der Waals surface area (Å²) in [5.74, 6) is -0.589. The van der Waals surface area contributed by atoms with Gasteiger partial charge in [0.2, 0.25) is 0 Å². The van der Waals surface area contributed by atoms with Crippen LogP contribution >= 0.6 is 11.8 Å². The third-order valence-corrected chi connectivity index (χ3v) is 4.42. The fourth-order valence-electron chi connectivity index (χ4n) is 2.39. The van der Waals surface area contributed by atoms with Gasteiger partial charge >= 0.3 is 11.9 Å². The predicted molar refractivity (Wildman–Crippen MR) is 64.6 cm³/mol. The molecule has 4 atom stereocenters. The number of esters is 2. The lowest BCUT2D eigenvalue weighted by atomic mass is 9.87. The van der Waals surface area contributed by atoms with E-state index in [2.05, 4.69) is 6.58 Å². The molecule has 0 aromatic rings. The van der Waals surface area contributed by atoms with Gasteiger partial charge in [0.1, 0.15) is 6.10 Å². The molecule has 17 heavy (non-hydrogen) atoms. The van der Waals surface area contributed by atoms with Gasteiger partial charge in [-0.2, -0.15) is 11.8 Å². The number of thioether (sulfide) groups is 1. The van der Waals surface area contributed by atoms with Gasteiger partial charge in [0.15, 0.2) is 6.10 Å². The van der Waals surface area contributed by atoms with Crippen LogP contribution in [0.3, 0.4) is 0 Å². The van der Waals surface area contributed by atoms with Gasteiger partial charge in [-0.15, -0.1) is 0 Å². The van der Waals surface area contributed by atoms with E-state index in [-0.39, 0.29) is 29.3 Å². The normalized spacial score (nSPS) is 35.3. The maximum absolute atomic E-state index is 11.6. The van der Waals surface area contributed by atoms with Crippen molar-refractivity contribution in [1.29, 1.82) is 0 Å². The first-order valence-corrected chi connectivity index (χ1v) is 6.93. The van der Waals surface area contributed by atoms with Crippen molar-refractivity contribution in [3.63, 3.8) is 0 Å². The predicted octanol–water partition coefficient (Wildman–Crippen LogP) is 1.54. The number of fused-ring (bicyclic) bond motifs is 2. The largest absolute Gasteiger partial charge is 0.457 e. The zero-order chi connectivity index (χ0) is 12.6.